The largest absolute Gasteiger partial charge is 0.496 e. The van der Waals surface area contributed by atoms with E-state index in [1.807, 2.05) is 56.3 Å². The molecule has 0 aromatic heterocycles. The SMILES string of the molecule is COCC(C)(C)CNC(=O)c1cc(NC(=O)c2ccc(-c3ccccc3)cc2)ccc1OC. The zero-order valence-electron chi connectivity index (χ0n) is 19.5. The number of carbonyl (C=O) groups excluding carboxylic acids is 2. The monoisotopic (exact) mass is 446 g/mol. The Bertz CT molecular complexity index is 1090. The number of nitrogens with one attached hydrogen (secondary N) is 2. The van der Waals surface area contributed by atoms with Gasteiger partial charge in [-0.3, -0.25) is 9.59 Å². The zero-order chi connectivity index (χ0) is 23.8. The molecule has 0 atom stereocenters. The molecule has 33 heavy (non-hydrogen) atoms. The molecule has 6 heteroatoms. The second-order valence-corrected chi connectivity index (χ2v) is 8.59. The van der Waals surface area contributed by atoms with Crippen LogP contribution in [0.5, 0.6) is 5.75 Å². The molecule has 0 aliphatic carbocycles. The number of carbonyl (C=O) groups is 2. The van der Waals surface area contributed by atoms with Gasteiger partial charge in [-0.1, -0.05) is 56.3 Å². The second-order valence-electron chi connectivity index (χ2n) is 8.59. The highest BCUT2D eigenvalue weighted by atomic mass is 16.5. The predicted octanol–water partition coefficient (Wildman–Crippen LogP) is 5.02. The summed E-state index contributed by atoms with van der Waals surface area (Å²) in [4.78, 5) is 25.6. The Morgan fingerprint density at radius 3 is 2.15 bits per heavy atom. The highest BCUT2D eigenvalue weighted by Gasteiger charge is 2.21. The maximum atomic E-state index is 12.8. The minimum absolute atomic E-state index is 0.213. The van der Waals surface area contributed by atoms with Crippen molar-refractivity contribution in [3.05, 3.63) is 83.9 Å². The number of methoxy groups -OCH3 is 2. The molecule has 0 saturated carbocycles. The molecule has 0 saturated heterocycles. The van der Waals surface area contributed by atoms with Crippen LogP contribution in [0.4, 0.5) is 5.69 Å². The van der Waals surface area contributed by atoms with Crippen LogP contribution >= 0.6 is 0 Å². The molecule has 0 heterocycles. The summed E-state index contributed by atoms with van der Waals surface area (Å²) >= 11 is 0. The van der Waals surface area contributed by atoms with Crippen LogP contribution in [0.25, 0.3) is 11.1 Å². The molecule has 0 aliphatic rings. The van der Waals surface area contributed by atoms with Gasteiger partial charge >= 0.3 is 0 Å². The zero-order valence-corrected chi connectivity index (χ0v) is 19.5. The van der Waals surface area contributed by atoms with Crippen LogP contribution in [0.1, 0.15) is 34.6 Å². The molecule has 3 aromatic carbocycles. The third-order valence-corrected chi connectivity index (χ3v) is 5.22. The first-order valence-electron chi connectivity index (χ1n) is 10.7. The first-order valence-corrected chi connectivity index (χ1v) is 10.7. The van der Waals surface area contributed by atoms with Gasteiger partial charge in [0.2, 0.25) is 0 Å². The van der Waals surface area contributed by atoms with Crippen molar-refractivity contribution in [2.45, 2.75) is 13.8 Å². The van der Waals surface area contributed by atoms with E-state index in [0.717, 1.165) is 11.1 Å². The first kappa shape index (κ1) is 24.0. The summed E-state index contributed by atoms with van der Waals surface area (Å²) in [6.07, 6.45) is 0. The highest BCUT2D eigenvalue weighted by molar-refractivity contribution is 6.05. The van der Waals surface area contributed by atoms with Crippen LogP contribution in [0, 0.1) is 5.41 Å². The first-order chi connectivity index (χ1) is 15.8. The van der Waals surface area contributed by atoms with E-state index in [0.29, 0.717) is 35.7 Å². The summed E-state index contributed by atoms with van der Waals surface area (Å²) in [6, 6.07) is 22.4. The lowest BCUT2D eigenvalue weighted by molar-refractivity contribution is 0.0844. The van der Waals surface area contributed by atoms with Gasteiger partial charge in [-0.15, -0.1) is 0 Å². The third kappa shape index (κ3) is 6.43. The van der Waals surface area contributed by atoms with Gasteiger partial charge in [-0.2, -0.15) is 0 Å². The smallest absolute Gasteiger partial charge is 0.255 e. The maximum Gasteiger partial charge on any atom is 0.255 e. The van der Waals surface area contributed by atoms with E-state index in [-0.39, 0.29) is 17.2 Å². The lowest BCUT2D eigenvalue weighted by Gasteiger charge is -2.24. The van der Waals surface area contributed by atoms with Crippen molar-refractivity contribution in [1.82, 2.24) is 5.32 Å². The molecule has 2 N–H and O–H groups in total. The van der Waals surface area contributed by atoms with Crippen molar-refractivity contribution < 1.29 is 19.1 Å². The average molecular weight is 447 g/mol. The Labute approximate surface area is 194 Å². The van der Waals surface area contributed by atoms with Crippen LogP contribution in [-0.2, 0) is 4.74 Å². The lowest BCUT2D eigenvalue weighted by atomic mass is 9.94. The molecule has 0 aliphatic heterocycles. The highest BCUT2D eigenvalue weighted by Crippen LogP contribution is 2.24. The van der Waals surface area contributed by atoms with Crippen LogP contribution in [-0.4, -0.2) is 39.2 Å². The van der Waals surface area contributed by atoms with E-state index in [2.05, 4.69) is 10.6 Å². The van der Waals surface area contributed by atoms with Gasteiger partial charge in [0.25, 0.3) is 11.8 Å². The Morgan fingerprint density at radius 1 is 0.848 bits per heavy atom. The van der Waals surface area contributed by atoms with Crippen molar-refractivity contribution in [3.8, 4) is 16.9 Å². The predicted molar refractivity (Wildman–Crippen MR) is 131 cm³/mol. The fourth-order valence-electron chi connectivity index (χ4n) is 3.47. The molecule has 6 nitrogen and oxygen atoms in total. The quantitative estimate of drug-likeness (QED) is 0.484. The number of benzene rings is 3. The number of rotatable bonds is 9. The van der Waals surface area contributed by atoms with Gasteiger partial charge in [-0.05, 0) is 41.5 Å². The summed E-state index contributed by atoms with van der Waals surface area (Å²) in [6.45, 7) is 4.97. The minimum atomic E-state index is -0.278. The van der Waals surface area contributed by atoms with E-state index < -0.39 is 0 Å². The van der Waals surface area contributed by atoms with Gasteiger partial charge in [0, 0.05) is 30.3 Å². The number of hydrogen-bond acceptors (Lipinski definition) is 4. The molecule has 172 valence electrons. The standard InChI is InChI=1S/C27H30N2O4/c1-27(2,18-32-3)17-28-26(31)23-16-22(14-15-24(23)33-4)29-25(30)21-12-10-20(11-13-21)19-8-6-5-7-9-19/h5-16H,17-18H2,1-4H3,(H,28,31)(H,29,30). The fourth-order valence-corrected chi connectivity index (χ4v) is 3.47. The van der Waals surface area contributed by atoms with E-state index in [1.165, 1.54) is 7.11 Å². The summed E-state index contributed by atoms with van der Waals surface area (Å²) < 4.78 is 10.6. The molecule has 2 amide bonds. The Morgan fingerprint density at radius 2 is 1.52 bits per heavy atom. The summed E-state index contributed by atoms with van der Waals surface area (Å²) in [5.41, 5.74) is 3.29. The summed E-state index contributed by atoms with van der Waals surface area (Å²) in [5.74, 6) is -0.103. The molecule has 0 bridgehead atoms. The average Bonchev–Trinajstić information content (AvgIpc) is 2.83. The topological polar surface area (TPSA) is 76.7 Å². The lowest BCUT2D eigenvalue weighted by Crippen LogP contribution is -2.36. The van der Waals surface area contributed by atoms with E-state index in [4.69, 9.17) is 9.47 Å². The van der Waals surface area contributed by atoms with Crippen molar-refractivity contribution >= 4 is 17.5 Å². The number of amides is 2. The molecule has 0 spiro atoms. The molecule has 0 unspecified atom stereocenters. The Balaban J connectivity index is 1.72. The molecule has 0 radical (unpaired) electrons. The minimum Gasteiger partial charge on any atom is -0.496 e. The fraction of sp³-hybridized carbons (Fsp3) is 0.259. The van der Waals surface area contributed by atoms with Crippen LogP contribution in [0.3, 0.4) is 0 Å². The van der Waals surface area contributed by atoms with E-state index >= 15 is 0 Å². The number of anilines is 1. The van der Waals surface area contributed by atoms with Crippen LogP contribution in [0.2, 0.25) is 0 Å². The van der Waals surface area contributed by atoms with E-state index in [9.17, 15) is 9.59 Å². The van der Waals surface area contributed by atoms with Gasteiger partial charge in [0.15, 0.2) is 0 Å². The van der Waals surface area contributed by atoms with Gasteiger partial charge < -0.3 is 20.1 Å². The summed E-state index contributed by atoms with van der Waals surface area (Å²) in [7, 11) is 3.14. The molecule has 3 rings (SSSR count). The van der Waals surface area contributed by atoms with Gasteiger partial charge in [0.1, 0.15) is 5.75 Å². The Hall–Kier alpha value is -3.64. The number of ether oxygens (including phenoxy) is 2. The normalized spacial score (nSPS) is 11.0. The second kappa shape index (κ2) is 10.8. The molecular weight excluding hydrogens is 416 g/mol. The van der Waals surface area contributed by atoms with Gasteiger partial charge in [-0.25, -0.2) is 0 Å². The third-order valence-electron chi connectivity index (χ3n) is 5.22. The Kier molecular flexibility index (Phi) is 7.85. The summed E-state index contributed by atoms with van der Waals surface area (Å²) in [5, 5.41) is 5.78. The van der Waals surface area contributed by atoms with Crippen LogP contribution < -0.4 is 15.4 Å². The maximum absolute atomic E-state index is 12.8. The van der Waals surface area contributed by atoms with E-state index in [1.54, 1.807) is 37.4 Å². The van der Waals surface area contributed by atoms with Crippen molar-refractivity contribution in [3.63, 3.8) is 0 Å². The molecule has 0 fully saturated rings. The molecular formula is C27H30N2O4. The van der Waals surface area contributed by atoms with Crippen molar-refractivity contribution in [2.75, 3.05) is 32.7 Å². The molecule has 3 aromatic rings. The van der Waals surface area contributed by atoms with Crippen molar-refractivity contribution in [1.29, 1.82) is 0 Å². The van der Waals surface area contributed by atoms with Crippen molar-refractivity contribution in [2.24, 2.45) is 5.41 Å². The number of hydrogen-bond donors (Lipinski definition) is 2. The van der Waals surface area contributed by atoms with Crippen LogP contribution in [0.15, 0.2) is 72.8 Å². The van der Waals surface area contributed by atoms with Gasteiger partial charge in [0.05, 0.1) is 19.3 Å².